The number of hydrogen-bond acceptors (Lipinski definition) is 3. The molecule has 1 N–H and O–H groups in total. The van der Waals surface area contributed by atoms with Crippen LogP contribution in [0.2, 0.25) is 0 Å². The quantitative estimate of drug-likeness (QED) is 0.917. The van der Waals surface area contributed by atoms with Gasteiger partial charge in [-0.15, -0.1) is 0 Å². The fourth-order valence-corrected chi connectivity index (χ4v) is 1.98. The zero-order chi connectivity index (χ0) is 14.5. The minimum absolute atomic E-state index is 0.120. The molecule has 3 nitrogen and oxygen atoms in total. The monoisotopic (exact) mass is 270 g/mol. The van der Waals surface area contributed by atoms with Crippen molar-refractivity contribution < 1.29 is 9.13 Å². The zero-order valence-electron chi connectivity index (χ0n) is 11.4. The molecular weight excluding hydrogens is 255 g/mol. The fraction of sp³-hybridized carbons (Fsp3) is 0.188. The summed E-state index contributed by atoms with van der Waals surface area (Å²) in [5.74, 6) is -0.175. The summed E-state index contributed by atoms with van der Waals surface area (Å²) in [4.78, 5) is 0. The number of benzene rings is 2. The highest BCUT2D eigenvalue weighted by atomic mass is 19.1. The van der Waals surface area contributed by atoms with E-state index >= 15 is 0 Å². The molecule has 0 aliphatic heterocycles. The molecule has 2 rings (SSSR count). The van der Waals surface area contributed by atoms with E-state index in [1.54, 1.807) is 24.3 Å². The molecular formula is C16H15FN2O. The minimum atomic E-state index is -0.396. The molecule has 102 valence electrons. The average Bonchev–Trinajstić information content (AvgIpc) is 2.47. The molecule has 0 fully saturated rings. The second-order valence-electron chi connectivity index (χ2n) is 4.42. The lowest BCUT2D eigenvalue weighted by molar-refractivity contribution is 0.386. The summed E-state index contributed by atoms with van der Waals surface area (Å²) >= 11 is 0. The Morgan fingerprint density at radius 2 is 2.00 bits per heavy atom. The Labute approximate surface area is 117 Å². The third kappa shape index (κ3) is 2.89. The van der Waals surface area contributed by atoms with E-state index in [2.05, 4.69) is 11.4 Å². The van der Waals surface area contributed by atoms with Crippen LogP contribution in [0.3, 0.4) is 0 Å². The molecule has 4 heteroatoms. The van der Waals surface area contributed by atoms with Gasteiger partial charge in [0.15, 0.2) is 11.6 Å². The van der Waals surface area contributed by atoms with E-state index < -0.39 is 5.82 Å². The number of hydrogen-bond donors (Lipinski definition) is 1. The van der Waals surface area contributed by atoms with Crippen LogP contribution in [0.4, 0.5) is 10.1 Å². The van der Waals surface area contributed by atoms with Gasteiger partial charge in [-0.2, -0.15) is 5.26 Å². The van der Waals surface area contributed by atoms with Crippen molar-refractivity contribution in [2.45, 2.75) is 13.0 Å². The number of halogens is 1. The summed E-state index contributed by atoms with van der Waals surface area (Å²) in [6.07, 6.45) is 0. The molecule has 0 saturated heterocycles. The molecule has 0 bridgehead atoms. The lowest BCUT2D eigenvalue weighted by atomic mass is 10.1. The molecule has 0 radical (unpaired) electrons. The van der Waals surface area contributed by atoms with E-state index in [1.165, 1.54) is 13.2 Å². The normalized spacial score (nSPS) is 11.5. The first-order valence-electron chi connectivity index (χ1n) is 6.25. The second kappa shape index (κ2) is 6.07. The minimum Gasteiger partial charge on any atom is -0.494 e. The number of methoxy groups -OCH3 is 1. The van der Waals surface area contributed by atoms with E-state index in [0.29, 0.717) is 5.56 Å². The molecule has 0 spiro atoms. The van der Waals surface area contributed by atoms with Crippen LogP contribution in [0.25, 0.3) is 0 Å². The van der Waals surface area contributed by atoms with E-state index in [9.17, 15) is 4.39 Å². The number of para-hydroxylation sites is 1. The molecule has 0 aliphatic rings. The Bertz CT molecular complexity index is 649. The number of nitrogens with zero attached hydrogens (tertiary/aromatic N) is 1. The van der Waals surface area contributed by atoms with Crippen LogP contribution in [0.5, 0.6) is 5.75 Å². The third-order valence-electron chi connectivity index (χ3n) is 3.10. The molecule has 0 saturated carbocycles. The van der Waals surface area contributed by atoms with Crippen molar-refractivity contribution in [1.82, 2.24) is 0 Å². The SMILES string of the molecule is COc1ccc(C(C)Nc2ccccc2C#N)cc1F. The van der Waals surface area contributed by atoms with Gasteiger partial charge in [-0.3, -0.25) is 0 Å². The van der Waals surface area contributed by atoms with Crippen LogP contribution in [-0.2, 0) is 0 Å². The number of nitriles is 1. The van der Waals surface area contributed by atoms with Crippen molar-refractivity contribution in [3.8, 4) is 11.8 Å². The molecule has 0 aromatic heterocycles. The smallest absolute Gasteiger partial charge is 0.165 e. The molecule has 20 heavy (non-hydrogen) atoms. The topological polar surface area (TPSA) is 45.0 Å². The number of anilines is 1. The Hall–Kier alpha value is -2.54. The average molecular weight is 270 g/mol. The number of rotatable bonds is 4. The van der Waals surface area contributed by atoms with Crippen molar-refractivity contribution in [3.63, 3.8) is 0 Å². The van der Waals surface area contributed by atoms with Crippen LogP contribution in [-0.4, -0.2) is 7.11 Å². The number of ether oxygens (including phenoxy) is 1. The van der Waals surface area contributed by atoms with Crippen LogP contribution < -0.4 is 10.1 Å². The van der Waals surface area contributed by atoms with Gasteiger partial charge >= 0.3 is 0 Å². The fourth-order valence-electron chi connectivity index (χ4n) is 1.98. The highest BCUT2D eigenvalue weighted by Gasteiger charge is 2.11. The van der Waals surface area contributed by atoms with Gasteiger partial charge in [0.1, 0.15) is 6.07 Å². The second-order valence-corrected chi connectivity index (χ2v) is 4.42. The van der Waals surface area contributed by atoms with Gasteiger partial charge in [-0.1, -0.05) is 18.2 Å². The van der Waals surface area contributed by atoms with Crippen LogP contribution in [0.15, 0.2) is 42.5 Å². The van der Waals surface area contributed by atoms with Crippen molar-refractivity contribution in [1.29, 1.82) is 5.26 Å². The maximum Gasteiger partial charge on any atom is 0.165 e. The van der Waals surface area contributed by atoms with Gasteiger partial charge in [0, 0.05) is 6.04 Å². The molecule has 0 heterocycles. The van der Waals surface area contributed by atoms with Gasteiger partial charge in [0.05, 0.1) is 18.4 Å². The predicted molar refractivity (Wildman–Crippen MR) is 76.1 cm³/mol. The standard InChI is InChI=1S/C16H15FN2O/c1-11(12-7-8-16(20-2)14(17)9-12)19-15-6-4-3-5-13(15)10-18/h3-9,11,19H,1-2H3. The summed E-state index contributed by atoms with van der Waals surface area (Å²) in [7, 11) is 1.43. The van der Waals surface area contributed by atoms with Gasteiger partial charge in [0.25, 0.3) is 0 Å². The molecule has 2 aromatic rings. The molecule has 2 aromatic carbocycles. The molecule has 1 atom stereocenters. The Morgan fingerprint density at radius 3 is 2.65 bits per heavy atom. The van der Waals surface area contributed by atoms with Crippen LogP contribution in [0, 0.1) is 17.1 Å². The van der Waals surface area contributed by atoms with Gasteiger partial charge in [-0.25, -0.2) is 4.39 Å². The molecule has 0 aliphatic carbocycles. The maximum atomic E-state index is 13.7. The predicted octanol–water partition coefficient (Wildman–Crippen LogP) is 3.88. The first-order valence-corrected chi connectivity index (χ1v) is 6.25. The van der Waals surface area contributed by atoms with Gasteiger partial charge < -0.3 is 10.1 Å². The first-order chi connectivity index (χ1) is 9.65. The van der Waals surface area contributed by atoms with Crippen molar-refractivity contribution >= 4 is 5.69 Å². The first kappa shape index (κ1) is 13.9. The largest absolute Gasteiger partial charge is 0.494 e. The summed E-state index contributed by atoms with van der Waals surface area (Å²) in [6, 6.07) is 14.1. The van der Waals surface area contributed by atoms with Crippen LogP contribution >= 0.6 is 0 Å². The van der Waals surface area contributed by atoms with Crippen molar-refractivity contribution in [2.24, 2.45) is 0 Å². The van der Waals surface area contributed by atoms with Gasteiger partial charge in [-0.05, 0) is 36.8 Å². The summed E-state index contributed by atoms with van der Waals surface area (Å²) < 4.78 is 18.6. The Kier molecular flexibility index (Phi) is 4.21. The molecule has 1 unspecified atom stereocenters. The van der Waals surface area contributed by atoms with E-state index in [1.807, 2.05) is 19.1 Å². The van der Waals surface area contributed by atoms with Crippen molar-refractivity contribution in [2.75, 3.05) is 12.4 Å². The highest BCUT2D eigenvalue weighted by molar-refractivity contribution is 5.58. The summed E-state index contributed by atoms with van der Waals surface area (Å²) in [6.45, 7) is 1.91. The lowest BCUT2D eigenvalue weighted by Gasteiger charge is -2.17. The highest BCUT2D eigenvalue weighted by Crippen LogP contribution is 2.25. The number of nitrogens with one attached hydrogen (secondary N) is 1. The zero-order valence-corrected chi connectivity index (χ0v) is 11.4. The van der Waals surface area contributed by atoms with E-state index in [4.69, 9.17) is 10.00 Å². The summed E-state index contributed by atoms with van der Waals surface area (Å²) in [5, 5.41) is 12.3. The van der Waals surface area contributed by atoms with E-state index in [-0.39, 0.29) is 11.8 Å². The van der Waals surface area contributed by atoms with Gasteiger partial charge in [0.2, 0.25) is 0 Å². The van der Waals surface area contributed by atoms with Crippen LogP contribution in [0.1, 0.15) is 24.1 Å². The third-order valence-corrected chi connectivity index (χ3v) is 3.10. The lowest BCUT2D eigenvalue weighted by Crippen LogP contribution is -2.08. The molecule has 0 amide bonds. The maximum absolute atomic E-state index is 13.7. The summed E-state index contributed by atoms with van der Waals surface area (Å²) in [5.41, 5.74) is 2.09. The Balaban J connectivity index is 2.22. The van der Waals surface area contributed by atoms with E-state index in [0.717, 1.165) is 11.3 Å². The van der Waals surface area contributed by atoms with Crippen molar-refractivity contribution in [3.05, 3.63) is 59.4 Å². The Morgan fingerprint density at radius 1 is 1.25 bits per heavy atom.